The van der Waals surface area contributed by atoms with Gasteiger partial charge < -0.3 is 4.90 Å². The number of anilines is 1. The molecule has 0 unspecified atom stereocenters. The molecule has 0 atom stereocenters. The minimum atomic E-state index is 0.544. The molecule has 1 aromatic rings. The van der Waals surface area contributed by atoms with Gasteiger partial charge in [0.15, 0.2) is 0 Å². The van der Waals surface area contributed by atoms with Gasteiger partial charge in [-0.05, 0) is 47.8 Å². The van der Waals surface area contributed by atoms with Crippen molar-refractivity contribution >= 4 is 21.7 Å². The van der Waals surface area contributed by atoms with Gasteiger partial charge in [-0.3, -0.25) is 0 Å². The zero-order chi connectivity index (χ0) is 11.8. The predicted molar refractivity (Wildman–Crippen MR) is 71.9 cm³/mol. The predicted octanol–water partition coefficient (Wildman–Crippen LogP) is 3.78. The lowest BCUT2D eigenvalue weighted by Crippen LogP contribution is -2.56. The van der Waals surface area contributed by atoms with E-state index >= 15 is 0 Å². The van der Waals surface area contributed by atoms with E-state index in [-0.39, 0.29) is 0 Å². The van der Waals surface area contributed by atoms with Crippen molar-refractivity contribution in [1.29, 1.82) is 0 Å². The van der Waals surface area contributed by atoms with E-state index in [1.54, 1.807) is 0 Å². The molecule has 16 heavy (non-hydrogen) atoms. The first kappa shape index (κ1) is 11.9. The topological polar surface area (TPSA) is 16.1 Å². The summed E-state index contributed by atoms with van der Waals surface area (Å²) in [7, 11) is 0. The lowest BCUT2D eigenvalue weighted by atomic mass is 9.75. The summed E-state index contributed by atoms with van der Waals surface area (Å²) in [5, 5.41) is 0. The Balaban J connectivity index is 2.09. The molecule has 1 aliphatic rings. The standard InChI is InChI=1S/C13H19BrN2/c1-4-13(5-2)8-16(9-13)12-7-6-11(14)10(3)15-12/h6-7H,4-5,8-9H2,1-3H3. The molecule has 0 N–H and O–H groups in total. The summed E-state index contributed by atoms with van der Waals surface area (Å²) in [6.07, 6.45) is 2.55. The Morgan fingerprint density at radius 3 is 2.44 bits per heavy atom. The minimum absolute atomic E-state index is 0.544. The third-order valence-corrected chi connectivity index (χ3v) is 4.72. The van der Waals surface area contributed by atoms with Gasteiger partial charge in [0.05, 0.1) is 5.69 Å². The fraction of sp³-hybridized carbons (Fsp3) is 0.615. The molecule has 0 saturated carbocycles. The van der Waals surface area contributed by atoms with Crippen LogP contribution < -0.4 is 4.90 Å². The molecule has 0 aliphatic carbocycles. The maximum absolute atomic E-state index is 4.61. The van der Waals surface area contributed by atoms with Crippen LogP contribution in [0.15, 0.2) is 16.6 Å². The number of hydrogen-bond acceptors (Lipinski definition) is 2. The molecule has 0 amide bonds. The van der Waals surface area contributed by atoms with Crippen molar-refractivity contribution in [3.8, 4) is 0 Å². The van der Waals surface area contributed by atoms with Crippen LogP contribution >= 0.6 is 15.9 Å². The number of halogens is 1. The fourth-order valence-corrected chi connectivity index (χ4v) is 2.55. The molecule has 1 aliphatic heterocycles. The first-order valence-corrected chi connectivity index (χ1v) is 6.77. The highest BCUT2D eigenvalue weighted by atomic mass is 79.9. The maximum Gasteiger partial charge on any atom is 0.128 e. The van der Waals surface area contributed by atoms with E-state index in [0.29, 0.717) is 5.41 Å². The highest BCUT2D eigenvalue weighted by Crippen LogP contribution is 2.39. The van der Waals surface area contributed by atoms with Gasteiger partial charge in [0.25, 0.3) is 0 Å². The van der Waals surface area contributed by atoms with Crippen LogP contribution in [0.2, 0.25) is 0 Å². The number of hydrogen-bond donors (Lipinski definition) is 0. The summed E-state index contributed by atoms with van der Waals surface area (Å²) in [6.45, 7) is 8.95. The highest BCUT2D eigenvalue weighted by molar-refractivity contribution is 9.10. The lowest BCUT2D eigenvalue weighted by molar-refractivity contribution is 0.193. The van der Waals surface area contributed by atoms with Gasteiger partial charge in [0.1, 0.15) is 5.82 Å². The van der Waals surface area contributed by atoms with Crippen LogP contribution in [-0.2, 0) is 0 Å². The minimum Gasteiger partial charge on any atom is -0.355 e. The Morgan fingerprint density at radius 2 is 1.94 bits per heavy atom. The molecule has 0 aromatic carbocycles. The van der Waals surface area contributed by atoms with E-state index in [0.717, 1.165) is 29.1 Å². The van der Waals surface area contributed by atoms with Gasteiger partial charge in [0, 0.05) is 23.0 Å². The smallest absolute Gasteiger partial charge is 0.128 e. The average molecular weight is 283 g/mol. The second-order valence-corrected chi connectivity index (χ2v) is 5.65. The van der Waals surface area contributed by atoms with Crippen LogP contribution in [0.1, 0.15) is 32.4 Å². The SMILES string of the molecule is CCC1(CC)CN(c2ccc(Br)c(C)n2)C1. The van der Waals surface area contributed by atoms with E-state index < -0.39 is 0 Å². The van der Waals surface area contributed by atoms with E-state index in [2.05, 4.69) is 51.8 Å². The molecule has 1 fully saturated rings. The first-order valence-electron chi connectivity index (χ1n) is 5.98. The Hall–Kier alpha value is -0.570. The second-order valence-electron chi connectivity index (χ2n) is 4.80. The Morgan fingerprint density at radius 1 is 1.31 bits per heavy atom. The van der Waals surface area contributed by atoms with Crippen molar-refractivity contribution in [2.24, 2.45) is 5.41 Å². The largest absolute Gasteiger partial charge is 0.355 e. The van der Waals surface area contributed by atoms with Gasteiger partial charge in [0.2, 0.25) is 0 Å². The van der Waals surface area contributed by atoms with Crippen molar-refractivity contribution in [1.82, 2.24) is 4.98 Å². The van der Waals surface area contributed by atoms with Crippen molar-refractivity contribution in [3.05, 3.63) is 22.3 Å². The molecular formula is C13H19BrN2. The van der Waals surface area contributed by atoms with Gasteiger partial charge in [-0.15, -0.1) is 0 Å². The molecule has 0 spiro atoms. The van der Waals surface area contributed by atoms with Gasteiger partial charge >= 0.3 is 0 Å². The van der Waals surface area contributed by atoms with Crippen molar-refractivity contribution in [2.75, 3.05) is 18.0 Å². The number of aryl methyl sites for hydroxylation is 1. The quantitative estimate of drug-likeness (QED) is 0.839. The highest BCUT2D eigenvalue weighted by Gasteiger charge is 2.40. The first-order chi connectivity index (χ1) is 7.60. The van der Waals surface area contributed by atoms with Crippen LogP contribution in [0.5, 0.6) is 0 Å². The molecule has 0 bridgehead atoms. The normalized spacial score (nSPS) is 18.4. The summed E-state index contributed by atoms with van der Waals surface area (Å²) in [5.74, 6) is 1.12. The van der Waals surface area contributed by atoms with Gasteiger partial charge in [-0.2, -0.15) is 0 Å². The Labute approximate surface area is 106 Å². The van der Waals surface area contributed by atoms with Crippen LogP contribution in [0.25, 0.3) is 0 Å². The Bertz CT molecular complexity index is 378. The fourth-order valence-electron chi connectivity index (χ4n) is 2.33. The summed E-state index contributed by atoms with van der Waals surface area (Å²) in [5.41, 5.74) is 1.62. The molecule has 2 rings (SSSR count). The molecule has 88 valence electrons. The van der Waals surface area contributed by atoms with E-state index in [1.165, 1.54) is 12.8 Å². The third-order valence-electron chi connectivity index (χ3n) is 3.88. The van der Waals surface area contributed by atoms with Gasteiger partial charge in [-0.25, -0.2) is 4.98 Å². The summed E-state index contributed by atoms with van der Waals surface area (Å²) >= 11 is 3.49. The van der Waals surface area contributed by atoms with E-state index in [9.17, 15) is 0 Å². The second kappa shape index (κ2) is 4.36. The zero-order valence-electron chi connectivity index (χ0n) is 10.3. The summed E-state index contributed by atoms with van der Waals surface area (Å²) in [4.78, 5) is 6.99. The maximum atomic E-state index is 4.61. The number of nitrogens with zero attached hydrogens (tertiary/aromatic N) is 2. The number of rotatable bonds is 3. The van der Waals surface area contributed by atoms with Crippen LogP contribution in [0.3, 0.4) is 0 Å². The Kier molecular flexibility index (Phi) is 3.24. The van der Waals surface area contributed by atoms with Crippen LogP contribution in [-0.4, -0.2) is 18.1 Å². The van der Waals surface area contributed by atoms with Crippen molar-refractivity contribution < 1.29 is 0 Å². The van der Waals surface area contributed by atoms with Crippen molar-refractivity contribution in [3.63, 3.8) is 0 Å². The molecule has 1 aromatic heterocycles. The lowest BCUT2D eigenvalue weighted by Gasteiger charge is -2.50. The number of pyridine rings is 1. The summed E-state index contributed by atoms with van der Waals surface area (Å²) in [6, 6.07) is 4.20. The van der Waals surface area contributed by atoms with E-state index in [1.807, 2.05) is 6.92 Å². The molecule has 3 heteroatoms. The van der Waals surface area contributed by atoms with Gasteiger partial charge in [-0.1, -0.05) is 13.8 Å². The van der Waals surface area contributed by atoms with Crippen molar-refractivity contribution in [2.45, 2.75) is 33.6 Å². The third kappa shape index (κ3) is 1.97. The van der Waals surface area contributed by atoms with Crippen LogP contribution in [0.4, 0.5) is 5.82 Å². The van der Waals surface area contributed by atoms with Crippen LogP contribution in [0, 0.1) is 12.3 Å². The monoisotopic (exact) mass is 282 g/mol. The molecular weight excluding hydrogens is 264 g/mol. The molecule has 1 saturated heterocycles. The molecule has 2 nitrogen and oxygen atoms in total. The van der Waals surface area contributed by atoms with E-state index in [4.69, 9.17) is 0 Å². The average Bonchev–Trinajstić information content (AvgIpc) is 2.23. The molecule has 2 heterocycles. The zero-order valence-corrected chi connectivity index (χ0v) is 11.8. The number of aromatic nitrogens is 1. The molecule has 0 radical (unpaired) electrons. The summed E-state index contributed by atoms with van der Waals surface area (Å²) < 4.78 is 1.09.